The van der Waals surface area contributed by atoms with Crippen molar-refractivity contribution in [3.05, 3.63) is 24.3 Å². The summed E-state index contributed by atoms with van der Waals surface area (Å²) in [5.41, 5.74) is 1.10. The molecule has 0 radical (unpaired) electrons. The van der Waals surface area contributed by atoms with Crippen molar-refractivity contribution in [1.82, 2.24) is 4.90 Å². The topological polar surface area (TPSA) is 70.1 Å². The Morgan fingerprint density at radius 3 is 2.42 bits per heavy atom. The number of benzene rings is 1. The second-order valence-electron chi connectivity index (χ2n) is 7.74. The Kier molecular flexibility index (Phi) is 4.51. The largest absolute Gasteiger partial charge is 0.497 e. The van der Waals surface area contributed by atoms with Gasteiger partial charge in [0.15, 0.2) is 0 Å². The average molecular weight is 358 g/mol. The third-order valence-corrected chi connectivity index (χ3v) is 6.50. The molecule has 1 aromatic rings. The molecule has 1 aliphatic heterocycles. The second-order valence-corrected chi connectivity index (χ2v) is 7.74. The number of rotatable bonds is 4. The summed E-state index contributed by atoms with van der Waals surface area (Å²) in [7, 11) is 1.66. The number of piperazine rings is 1. The first-order valence-corrected chi connectivity index (χ1v) is 9.49. The number of hydrogen-bond acceptors (Lipinski definition) is 4. The van der Waals surface area contributed by atoms with Crippen LogP contribution in [0.3, 0.4) is 0 Å². The van der Waals surface area contributed by atoms with Crippen LogP contribution in [0, 0.1) is 23.7 Å². The summed E-state index contributed by atoms with van der Waals surface area (Å²) in [6.07, 6.45) is 2.89. The standard InChI is InChI=1S/C20H26N2O4/c1-26-16-4-2-3-15(12-16)21-7-9-22(10-8-21)19(23)17-13-5-6-14(11-13)18(17)20(24)25/h2-4,12-14,17-18H,5-11H2,1H3,(H,24,25)/t13-,14-,17+,18-/m0/s1. The van der Waals surface area contributed by atoms with E-state index in [1.165, 1.54) is 0 Å². The molecule has 2 saturated carbocycles. The fraction of sp³-hybridized carbons (Fsp3) is 0.600. The summed E-state index contributed by atoms with van der Waals surface area (Å²) >= 11 is 0. The lowest BCUT2D eigenvalue weighted by atomic mass is 9.78. The van der Waals surface area contributed by atoms with Crippen LogP contribution in [0.15, 0.2) is 24.3 Å². The molecular weight excluding hydrogens is 332 g/mol. The molecule has 4 atom stereocenters. The lowest BCUT2D eigenvalue weighted by Gasteiger charge is -2.39. The Bertz CT molecular complexity index is 699. The Balaban J connectivity index is 1.41. The number of aliphatic carboxylic acids is 1. The molecule has 0 spiro atoms. The number of anilines is 1. The number of carbonyl (C=O) groups is 2. The second kappa shape index (κ2) is 6.82. The highest BCUT2D eigenvalue weighted by molar-refractivity contribution is 5.86. The average Bonchev–Trinajstić information content (AvgIpc) is 3.29. The van der Waals surface area contributed by atoms with Crippen molar-refractivity contribution < 1.29 is 19.4 Å². The number of nitrogens with zero attached hydrogens (tertiary/aromatic N) is 2. The van der Waals surface area contributed by atoms with Crippen molar-refractivity contribution in [3.63, 3.8) is 0 Å². The summed E-state index contributed by atoms with van der Waals surface area (Å²) in [6.45, 7) is 2.82. The van der Waals surface area contributed by atoms with E-state index in [1.54, 1.807) is 7.11 Å². The van der Waals surface area contributed by atoms with E-state index in [0.29, 0.717) is 13.1 Å². The smallest absolute Gasteiger partial charge is 0.307 e. The van der Waals surface area contributed by atoms with E-state index in [9.17, 15) is 14.7 Å². The molecule has 1 N–H and O–H groups in total. The first-order valence-electron chi connectivity index (χ1n) is 9.49. The number of carboxylic acids is 1. The third-order valence-electron chi connectivity index (χ3n) is 6.50. The monoisotopic (exact) mass is 358 g/mol. The van der Waals surface area contributed by atoms with Crippen LogP contribution in [0.2, 0.25) is 0 Å². The van der Waals surface area contributed by atoms with Crippen molar-refractivity contribution >= 4 is 17.6 Å². The SMILES string of the molecule is COc1cccc(N2CCN(C(=O)[C@@H]3[C@H]4CC[C@@H](C4)[C@@H]3C(=O)O)CC2)c1. The Labute approximate surface area is 153 Å². The molecule has 1 amide bonds. The quantitative estimate of drug-likeness (QED) is 0.892. The number of methoxy groups -OCH3 is 1. The molecule has 140 valence electrons. The van der Waals surface area contributed by atoms with Crippen LogP contribution in [0.1, 0.15) is 19.3 Å². The zero-order valence-electron chi connectivity index (χ0n) is 15.1. The maximum absolute atomic E-state index is 13.1. The molecule has 1 heterocycles. The van der Waals surface area contributed by atoms with Gasteiger partial charge in [-0.05, 0) is 43.2 Å². The summed E-state index contributed by atoms with van der Waals surface area (Å²) in [5.74, 6) is -0.213. The molecule has 0 aromatic heterocycles. The molecule has 3 fully saturated rings. The summed E-state index contributed by atoms with van der Waals surface area (Å²) in [5, 5.41) is 9.60. The van der Waals surface area contributed by atoms with Gasteiger partial charge in [-0.15, -0.1) is 0 Å². The van der Waals surface area contributed by atoms with E-state index in [1.807, 2.05) is 23.1 Å². The van der Waals surface area contributed by atoms with Crippen LogP contribution >= 0.6 is 0 Å². The van der Waals surface area contributed by atoms with Crippen LogP contribution in [0.4, 0.5) is 5.69 Å². The van der Waals surface area contributed by atoms with Gasteiger partial charge in [0, 0.05) is 37.9 Å². The zero-order chi connectivity index (χ0) is 18.3. The number of fused-ring (bicyclic) bond motifs is 2. The summed E-state index contributed by atoms with van der Waals surface area (Å²) < 4.78 is 5.29. The molecule has 0 unspecified atom stereocenters. The van der Waals surface area contributed by atoms with Gasteiger partial charge in [-0.2, -0.15) is 0 Å². The van der Waals surface area contributed by atoms with E-state index in [-0.39, 0.29) is 23.7 Å². The fourth-order valence-corrected chi connectivity index (χ4v) is 5.21. The molecule has 1 saturated heterocycles. The summed E-state index contributed by atoms with van der Waals surface area (Å²) in [6, 6.07) is 7.95. The van der Waals surface area contributed by atoms with Gasteiger partial charge in [-0.25, -0.2) is 0 Å². The Morgan fingerprint density at radius 2 is 1.77 bits per heavy atom. The number of ether oxygens (including phenoxy) is 1. The first kappa shape index (κ1) is 17.2. The van der Waals surface area contributed by atoms with Gasteiger partial charge < -0.3 is 19.6 Å². The van der Waals surface area contributed by atoms with Gasteiger partial charge in [-0.3, -0.25) is 9.59 Å². The number of carbonyl (C=O) groups excluding carboxylic acids is 1. The minimum atomic E-state index is -0.787. The molecule has 1 aromatic carbocycles. The van der Waals surface area contributed by atoms with Crippen LogP contribution < -0.4 is 9.64 Å². The molecule has 2 bridgehead atoms. The minimum Gasteiger partial charge on any atom is -0.497 e. The highest BCUT2D eigenvalue weighted by Gasteiger charge is 2.54. The molecule has 6 nitrogen and oxygen atoms in total. The van der Waals surface area contributed by atoms with E-state index < -0.39 is 11.9 Å². The number of carboxylic acid groups (broad SMARTS) is 1. The van der Waals surface area contributed by atoms with Gasteiger partial charge in [0.05, 0.1) is 18.9 Å². The van der Waals surface area contributed by atoms with Crippen LogP contribution in [-0.2, 0) is 9.59 Å². The van der Waals surface area contributed by atoms with Gasteiger partial charge in [0.2, 0.25) is 5.91 Å². The maximum atomic E-state index is 13.1. The molecule has 2 aliphatic carbocycles. The van der Waals surface area contributed by atoms with Gasteiger partial charge in [0.25, 0.3) is 0 Å². The van der Waals surface area contributed by atoms with E-state index >= 15 is 0 Å². The van der Waals surface area contributed by atoms with Gasteiger partial charge in [-0.1, -0.05) is 6.07 Å². The Morgan fingerprint density at radius 1 is 1.08 bits per heavy atom. The fourth-order valence-electron chi connectivity index (χ4n) is 5.21. The van der Waals surface area contributed by atoms with E-state index in [2.05, 4.69) is 11.0 Å². The summed E-state index contributed by atoms with van der Waals surface area (Å²) in [4.78, 5) is 28.9. The zero-order valence-corrected chi connectivity index (χ0v) is 15.1. The molecule has 3 aliphatic rings. The molecule has 6 heteroatoms. The van der Waals surface area contributed by atoms with Crippen molar-refractivity contribution in [1.29, 1.82) is 0 Å². The molecule has 26 heavy (non-hydrogen) atoms. The van der Waals surface area contributed by atoms with Gasteiger partial charge >= 0.3 is 5.97 Å². The highest BCUT2D eigenvalue weighted by Crippen LogP contribution is 2.53. The molecule has 4 rings (SSSR count). The number of hydrogen-bond donors (Lipinski definition) is 1. The van der Waals surface area contributed by atoms with Crippen molar-refractivity contribution in [2.75, 3.05) is 38.2 Å². The van der Waals surface area contributed by atoms with Crippen LogP contribution in [0.25, 0.3) is 0 Å². The van der Waals surface area contributed by atoms with E-state index in [4.69, 9.17) is 4.74 Å². The first-order chi connectivity index (χ1) is 12.6. The predicted octanol–water partition coefficient (Wildman–Crippen LogP) is 2.09. The normalized spacial score (nSPS) is 30.5. The van der Waals surface area contributed by atoms with Crippen molar-refractivity contribution in [2.45, 2.75) is 19.3 Å². The maximum Gasteiger partial charge on any atom is 0.307 e. The minimum absolute atomic E-state index is 0.0647. The van der Waals surface area contributed by atoms with Crippen molar-refractivity contribution in [2.24, 2.45) is 23.7 Å². The van der Waals surface area contributed by atoms with E-state index in [0.717, 1.165) is 43.8 Å². The van der Waals surface area contributed by atoms with Gasteiger partial charge in [0.1, 0.15) is 5.75 Å². The highest BCUT2D eigenvalue weighted by atomic mass is 16.5. The van der Waals surface area contributed by atoms with Crippen LogP contribution in [-0.4, -0.2) is 55.2 Å². The third kappa shape index (κ3) is 2.91. The number of amides is 1. The lowest BCUT2D eigenvalue weighted by Crippen LogP contribution is -2.52. The van der Waals surface area contributed by atoms with Crippen molar-refractivity contribution in [3.8, 4) is 5.75 Å². The predicted molar refractivity (Wildman–Crippen MR) is 97.2 cm³/mol. The molecular formula is C20H26N2O4. The van der Waals surface area contributed by atoms with Crippen LogP contribution in [0.5, 0.6) is 5.75 Å². The Hall–Kier alpha value is -2.24. The lowest BCUT2D eigenvalue weighted by molar-refractivity contribution is -0.153.